The Morgan fingerprint density at radius 3 is 2.33 bits per heavy atom. The zero-order chi connectivity index (χ0) is 19.1. The van der Waals surface area contributed by atoms with Crippen molar-refractivity contribution in [1.82, 2.24) is 10.2 Å². The molecular formula is C23H30N2O2. The summed E-state index contributed by atoms with van der Waals surface area (Å²) in [6.07, 6.45) is 2.46. The van der Waals surface area contributed by atoms with E-state index >= 15 is 0 Å². The minimum absolute atomic E-state index is 0.0365. The van der Waals surface area contributed by atoms with Gasteiger partial charge in [-0.1, -0.05) is 44.2 Å². The summed E-state index contributed by atoms with van der Waals surface area (Å²) >= 11 is 0. The first-order chi connectivity index (χ1) is 13.1. The molecule has 1 atom stereocenters. The Labute approximate surface area is 162 Å². The predicted octanol–water partition coefficient (Wildman–Crippen LogP) is 4.29. The third kappa shape index (κ3) is 5.57. The largest absolute Gasteiger partial charge is 0.493 e. The Kier molecular flexibility index (Phi) is 6.88. The van der Waals surface area contributed by atoms with E-state index in [1.165, 1.54) is 18.4 Å². The van der Waals surface area contributed by atoms with E-state index < -0.39 is 0 Å². The fourth-order valence-corrected chi connectivity index (χ4v) is 3.44. The van der Waals surface area contributed by atoms with Crippen LogP contribution >= 0.6 is 0 Å². The van der Waals surface area contributed by atoms with Crippen molar-refractivity contribution < 1.29 is 9.53 Å². The summed E-state index contributed by atoms with van der Waals surface area (Å²) in [4.78, 5) is 15.1. The molecule has 0 radical (unpaired) electrons. The van der Waals surface area contributed by atoms with E-state index in [0.717, 1.165) is 18.8 Å². The van der Waals surface area contributed by atoms with Crippen LogP contribution in [0.15, 0.2) is 54.6 Å². The summed E-state index contributed by atoms with van der Waals surface area (Å²) in [6.45, 7) is 7.72. The average molecular weight is 367 g/mol. The fourth-order valence-electron chi connectivity index (χ4n) is 3.44. The van der Waals surface area contributed by atoms with Gasteiger partial charge in [-0.05, 0) is 61.7 Å². The zero-order valence-electron chi connectivity index (χ0n) is 16.4. The van der Waals surface area contributed by atoms with E-state index in [1.54, 1.807) is 0 Å². The van der Waals surface area contributed by atoms with Crippen molar-refractivity contribution in [3.05, 3.63) is 65.7 Å². The standard InChI is InChI=1S/C23H30N2O2/c1-18(2)17-27-21-12-10-20(11-13-21)23(26)24-16-22(25-14-6-7-15-25)19-8-4-3-5-9-19/h3-5,8-13,18,22H,6-7,14-17H2,1-2H3,(H,24,26)/t22-/m1/s1. The van der Waals surface area contributed by atoms with E-state index in [-0.39, 0.29) is 11.9 Å². The summed E-state index contributed by atoms with van der Waals surface area (Å²) in [5.41, 5.74) is 1.93. The molecule has 1 heterocycles. The Balaban J connectivity index is 1.60. The molecule has 1 aliphatic rings. The lowest BCUT2D eigenvalue weighted by atomic mass is 10.1. The van der Waals surface area contributed by atoms with Crippen LogP contribution < -0.4 is 10.1 Å². The van der Waals surface area contributed by atoms with Crippen LogP contribution in [0.4, 0.5) is 0 Å². The van der Waals surface area contributed by atoms with Gasteiger partial charge in [0.15, 0.2) is 0 Å². The number of nitrogens with one attached hydrogen (secondary N) is 1. The smallest absolute Gasteiger partial charge is 0.251 e. The van der Waals surface area contributed by atoms with Crippen molar-refractivity contribution in [3.63, 3.8) is 0 Å². The molecule has 2 aromatic rings. The highest BCUT2D eigenvalue weighted by Gasteiger charge is 2.23. The first-order valence-electron chi connectivity index (χ1n) is 9.93. The molecule has 1 N–H and O–H groups in total. The maximum atomic E-state index is 12.6. The van der Waals surface area contributed by atoms with Gasteiger partial charge >= 0.3 is 0 Å². The van der Waals surface area contributed by atoms with Gasteiger partial charge in [0.1, 0.15) is 5.75 Å². The molecule has 27 heavy (non-hydrogen) atoms. The molecule has 0 aromatic heterocycles. The highest BCUT2D eigenvalue weighted by Crippen LogP contribution is 2.24. The van der Waals surface area contributed by atoms with Crippen LogP contribution in [0.5, 0.6) is 5.75 Å². The molecule has 2 aromatic carbocycles. The predicted molar refractivity (Wildman–Crippen MR) is 109 cm³/mol. The van der Waals surface area contributed by atoms with Crippen LogP contribution in [-0.4, -0.2) is 37.0 Å². The number of hydrogen-bond acceptors (Lipinski definition) is 3. The number of nitrogens with zero attached hydrogens (tertiary/aromatic N) is 1. The fraction of sp³-hybridized carbons (Fsp3) is 0.435. The second kappa shape index (κ2) is 9.56. The normalized spacial score (nSPS) is 15.7. The van der Waals surface area contributed by atoms with Gasteiger partial charge in [0.05, 0.1) is 12.6 Å². The molecule has 0 saturated carbocycles. The van der Waals surface area contributed by atoms with Crippen LogP contribution in [0.25, 0.3) is 0 Å². The SMILES string of the molecule is CC(C)COc1ccc(C(=O)NC[C@H](c2ccccc2)N2CCCC2)cc1. The Hall–Kier alpha value is -2.33. The van der Waals surface area contributed by atoms with Gasteiger partial charge < -0.3 is 10.1 Å². The number of amides is 1. The van der Waals surface area contributed by atoms with Crippen LogP contribution in [0, 0.1) is 5.92 Å². The molecule has 4 heteroatoms. The number of ether oxygens (including phenoxy) is 1. The number of carbonyl (C=O) groups excluding carboxylic acids is 1. The van der Waals surface area contributed by atoms with Gasteiger partial charge in [-0.3, -0.25) is 9.69 Å². The molecule has 0 spiro atoms. The molecular weight excluding hydrogens is 336 g/mol. The molecule has 1 aliphatic heterocycles. The zero-order valence-corrected chi connectivity index (χ0v) is 16.4. The van der Waals surface area contributed by atoms with E-state index in [0.29, 0.717) is 24.6 Å². The highest BCUT2D eigenvalue weighted by atomic mass is 16.5. The van der Waals surface area contributed by atoms with Gasteiger partial charge in [0, 0.05) is 12.1 Å². The van der Waals surface area contributed by atoms with Crippen LogP contribution in [0.1, 0.15) is 48.7 Å². The quantitative estimate of drug-likeness (QED) is 0.758. The average Bonchev–Trinajstić information content (AvgIpc) is 3.22. The lowest BCUT2D eigenvalue weighted by Crippen LogP contribution is -2.36. The summed E-state index contributed by atoms with van der Waals surface area (Å²) in [7, 11) is 0. The van der Waals surface area contributed by atoms with Crippen molar-refractivity contribution in [2.45, 2.75) is 32.7 Å². The lowest BCUT2D eigenvalue weighted by Gasteiger charge is -2.28. The maximum absolute atomic E-state index is 12.6. The number of hydrogen-bond donors (Lipinski definition) is 1. The summed E-state index contributed by atoms with van der Waals surface area (Å²) in [5.74, 6) is 1.25. The van der Waals surface area contributed by atoms with Crippen molar-refractivity contribution >= 4 is 5.91 Å². The molecule has 144 valence electrons. The molecule has 4 nitrogen and oxygen atoms in total. The lowest BCUT2D eigenvalue weighted by molar-refractivity contribution is 0.0938. The molecule has 1 amide bonds. The van der Waals surface area contributed by atoms with E-state index in [9.17, 15) is 4.79 Å². The van der Waals surface area contributed by atoms with Gasteiger partial charge in [-0.2, -0.15) is 0 Å². The van der Waals surface area contributed by atoms with Crippen LogP contribution in [0.2, 0.25) is 0 Å². The van der Waals surface area contributed by atoms with Crippen LogP contribution in [-0.2, 0) is 0 Å². The summed E-state index contributed by atoms with van der Waals surface area (Å²) in [5, 5.41) is 3.12. The first kappa shape index (κ1) is 19.4. The minimum atomic E-state index is -0.0365. The minimum Gasteiger partial charge on any atom is -0.493 e. The van der Waals surface area contributed by atoms with Crippen molar-refractivity contribution in [2.24, 2.45) is 5.92 Å². The second-order valence-electron chi connectivity index (χ2n) is 7.61. The van der Waals surface area contributed by atoms with Gasteiger partial charge in [-0.25, -0.2) is 0 Å². The molecule has 0 bridgehead atoms. The van der Waals surface area contributed by atoms with E-state index in [4.69, 9.17) is 4.74 Å². The highest BCUT2D eigenvalue weighted by molar-refractivity contribution is 5.94. The summed E-state index contributed by atoms with van der Waals surface area (Å²) in [6, 6.07) is 18.1. The molecule has 0 unspecified atom stereocenters. The van der Waals surface area contributed by atoms with Gasteiger partial charge in [0.25, 0.3) is 5.91 Å². The number of rotatable bonds is 8. The van der Waals surface area contributed by atoms with Gasteiger partial charge in [-0.15, -0.1) is 0 Å². The third-order valence-corrected chi connectivity index (χ3v) is 4.92. The first-order valence-corrected chi connectivity index (χ1v) is 9.93. The topological polar surface area (TPSA) is 41.6 Å². The third-order valence-electron chi connectivity index (χ3n) is 4.92. The van der Waals surface area contributed by atoms with Crippen molar-refractivity contribution in [3.8, 4) is 5.75 Å². The maximum Gasteiger partial charge on any atom is 0.251 e. The van der Waals surface area contributed by atoms with Gasteiger partial charge in [0.2, 0.25) is 0 Å². The monoisotopic (exact) mass is 366 g/mol. The van der Waals surface area contributed by atoms with Crippen molar-refractivity contribution in [1.29, 1.82) is 0 Å². The Morgan fingerprint density at radius 2 is 1.70 bits per heavy atom. The second-order valence-corrected chi connectivity index (χ2v) is 7.61. The van der Waals surface area contributed by atoms with Crippen LogP contribution in [0.3, 0.4) is 0 Å². The molecule has 1 saturated heterocycles. The number of carbonyl (C=O) groups is 1. The molecule has 1 fully saturated rings. The molecule has 3 rings (SSSR count). The van der Waals surface area contributed by atoms with E-state index in [1.807, 2.05) is 30.3 Å². The van der Waals surface area contributed by atoms with Crippen molar-refractivity contribution in [2.75, 3.05) is 26.2 Å². The number of benzene rings is 2. The van der Waals surface area contributed by atoms with E-state index in [2.05, 4.69) is 48.3 Å². The molecule has 0 aliphatic carbocycles. The summed E-state index contributed by atoms with van der Waals surface area (Å²) < 4.78 is 5.69. The Bertz CT molecular complexity index is 707. The number of likely N-dealkylation sites (tertiary alicyclic amines) is 1. The Morgan fingerprint density at radius 1 is 1.04 bits per heavy atom.